The third-order valence-electron chi connectivity index (χ3n) is 4.04. The quantitative estimate of drug-likeness (QED) is 0.900. The van der Waals surface area contributed by atoms with E-state index < -0.39 is 10.0 Å². The lowest BCUT2D eigenvalue weighted by atomic mass is 10.0. The van der Waals surface area contributed by atoms with Crippen molar-refractivity contribution in [2.75, 3.05) is 26.7 Å². The maximum Gasteiger partial charge on any atom is 0.243 e. The Hall–Kier alpha value is -0.950. The van der Waals surface area contributed by atoms with Crippen molar-refractivity contribution in [3.8, 4) is 0 Å². The number of hydrogen-bond donors (Lipinski definition) is 1. The molecule has 0 radical (unpaired) electrons. The van der Waals surface area contributed by atoms with Crippen LogP contribution in [0.25, 0.3) is 0 Å². The minimum absolute atomic E-state index is 0.195. The number of aliphatic hydroxyl groups excluding tert-OH is 1. The average Bonchev–Trinajstić information content (AvgIpc) is 2.41. The normalized spacial score (nSPS) is 21.0. The van der Waals surface area contributed by atoms with E-state index in [1.54, 1.807) is 24.3 Å². The molecular weight excluding hydrogens is 276 g/mol. The summed E-state index contributed by atoms with van der Waals surface area (Å²) in [6.07, 6.45) is 0. The van der Waals surface area contributed by atoms with Crippen LogP contribution in [0.2, 0.25) is 0 Å². The van der Waals surface area contributed by atoms with E-state index in [2.05, 4.69) is 4.90 Å². The van der Waals surface area contributed by atoms with Crippen LogP contribution in [-0.4, -0.2) is 55.0 Å². The van der Waals surface area contributed by atoms with Gasteiger partial charge in [-0.3, -0.25) is 4.90 Å². The number of likely N-dealkylation sites (N-methyl/N-ethyl adjacent to an activating group) is 1. The molecule has 0 saturated carbocycles. The van der Waals surface area contributed by atoms with E-state index in [9.17, 15) is 13.5 Å². The molecule has 1 heterocycles. The topological polar surface area (TPSA) is 60.9 Å². The van der Waals surface area contributed by atoms with Gasteiger partial charge in [-0.05, 0) is 32.5 Å². The summed E-state index contributed by atoms with van der Waals surface area (Å²) in [6, 6.07) is 6.63. The molecule has 0 aliphatic carbocycles. The van der Waals surface area contributed by atoms with Gasteiger partial charge < -0.3 is 5.11 Å². The molecule has 1 saturated heterocycles. The van der Waals surface area contributed by atoms with Gasteiger partial charge in [0.15, 0.2) is 0 Å². The lowest BCUT2D eigenvalue weighted by Gasteiger charge is -2.44. The highest BCUT2D eigenvalue weighted by molar-refractivity contribution is 7.89. The maximum atomic E-state index is 12.8. The fourth-order valence-corrected chi connectivity index (χ4v) is 4.23. The summed E-state index contributed by atoms with van der Waals surface area (Å²) < 4.78 is 27.0. The van der Waals surface area contributed by atoms with Gasteiger partial charge in [-0.2, -0.15) is 4.31 Å². The minimum atomic E-state index is -3.55. The number of rotatable bonds is 3. The van der Waals surface area contributed by atoms with Crippen LogP contribution in [-0.2, 0) is 16.6 Å². The Bertz CT molecular complexity index is 584. The smallest absolute Gasteiger partial charge is 0.243 e. The van der Waals surface area contributed by atoms with Crippen LogP contribution >= 0.6 is 0 Å². The van der Waals surface area contributed by atoms with Crippen LogP contribution in [0.5, 0.6) is 0 Å². The van der Waals surface area contributed by atoms with Crippen LogP contribution in [0.1, 0.15) is 19.4 Å². The zero-order valence-corrected chi connectivity index (χ0v) is 13.0. The Morgan fingerprint density at radius 3 is 2.50 bits per heavy atom. The molecule has 1 aliphatic rings. The molecule has 2 rings (SSSR count). The van der Waals surface area contributed by atoms with Crippen LogP contribution in [0.3, 0.4) is 0 Å². The zero-order chi connectivity index (χ0) is 15.0. The molecule has 1 aromatic rings. The first-order valence-electron chi connectivity index (χ1n) is 6.69. The summed E-state index contributed by atoms with van der Waals surface area (Å²) in [7, 11) is -1.55. The Kier molecular flexibility index (Phi) is 4.20. The Balaban J connectivity index is 2.36. The molecule has 1 fully saturated rings. The zero-order valence-electron chi connectivity index (χ0n) is 12.2. The molecule has 20 heavy (non-hydrogen) atoms. The standard InChI is InChI=1S/C14H22N2O3S/c1-14(2)11-16(9-8-15(14)3)20(18,19)13-7-5-4-6-12(13)10-17/h4-7,17H,8-11H2,1-3H3. The molecule has 0 amide bonds. The average molecular weight is 298 g/mol. The van der Waals surface area contributed by atoms with Crippen molar-refractivity contribution in [1.82, 2.24) is 9.21 Å². The summed E-state index contributed by atoms with van der Waals surface area (Å²) in [5.74, 6) is 0. The predicted molar refractivity (Wildman–Crippen MR) is 77.8 cm³/mol. The Morgan fingerprint density at radius 1 is 1.25 bits per heavy atom. The minimum Gasteiger partial charge on any atom is -0.392 e. The summed E-state index contributed by atoms with van der Waals surface area (Å²) >= 11 is 0. The van der Waals surface area contributed by atoms with Gasteiger partial charge in [-0.25, -0.2) is 8.42 Å². The van der Waals surface area contributed by atoms with Gasteiger partial charge in [-0.15, -0.1) is 0 Å². The molecule has 0 spiro atoms. The summed E-state index contributed by atoms with van der Waals surface area (Å²) in [5.41, 5.74) is 0.253. The molecule has 1 aromatic carbocycles. The highest BCUT2D eigenvalue weighted by Gasteiger charge is 2.37. The Morgan fingerprint density at radius 2 is 1.90 bits per heavy atom. The Labute approximate surface area is 120 Å². The van der Waals surface area contributed by atoms with Crippen LogP contribution < -0.4 is 0 Å². The predicted octanol–water partition coefficient (Wildman–Crippen LogP) is 0.894. The first kappa shape index (κ1) is 15.4. The summed E-state index contributed by atoms with van der Waals surface area (Å²) in [5, 5.41) is 9.33. The van der Waals surface area contributed by atoms with Gasteiger partial charge in [0.1, 0.15) is 0 Å². The molecule has 1 aliphatic heterocycles. The van der Waals surface area contributed by atoms with Gasteiger partial charge >= 0.3 is 0 Å². The van der Waals surface area contributed by atoms with Gasteiger partial charge in [0.05, 0.1) is 11.5 Å². The molecule has 0 bridgehead atoms. The summed E-state index contributed by atoms with van der Waals surface area (Å²) in [6.45, 7) is 5.42. The lowest BCUT2D eigenvalue weighted by Crippen LogP contribution is -2.58. The molecule has 0 atom stereocenters. The number of sulfonamides is 1. The van der Waals surface area contributed by atoms with Crippen molar-refractivity contribution in [3.63, 3.8) is 0 Å². The van der Waals surface area contributed by atoms with E-state index in [1.807, 2.05) is 20.9 Å². The first-order valence-corrected chi connectivity index (χ1v) is 8.13. The van der Waals surface area contributed by atoms with Crippen molar-refractivity contribution in [2.24, 2.45) is 0 Å². The van der Waals surface area contributed by atoms with Crippen LogP contribution in [0.15, 0.2) is 29.2 Å². The van der Waals surface area contributed by atoms with E-state index in [0.29, 0.717) is 25.2 Å². The van der Waals surface area contributed by atoms with Gasteiger partial charge in [0.25, 0.3) is 0 Å². The molecule has 1 N–H and O–H groups in total. The van der Waals surface area contributed by atoms with Gasteiger partial charge in [0, 0.05) is 25.2 Å². The largest absolute Gasteiger partial charge is 0.392 e. The van der Waals surface area contributed by atoms with Crippen LogP contribution in [0, 0.1) is 0 Å². The number of nitrogens with zero attached hydrogens (tertiary/aromatic N) is 2. The second kappa shape index (κ2) is 5.44. The molecule has 112 valence electrons. The monoisotopic (exact) mass is 298 g/mol. The number of piperazine rings is 1. The second-order valence-electron chi connectivity index (χ2n) is 5.84. The van der Waals surface area contributed by atoms with E-state index in [1.165, 1.54) is 4.31 Å². The fourth-order valence-electron chi connectivity index (χ4n) is 2.43. The lowest BCUT2D eigenvalue weighted by molar-refractivity contribution is 0.0801. The SMILES string of the molecule is CN1CCN(S(=O)(=O)c2ccccc2CO)CC1(C)C. The van der Waals surface area contributed by atoms with Crippen molar-refractivity contribution >= 4 is 10.0 Å². The maximum absolute atomic E-state index is 12.8. The highest BCUT2D eigenvalue weighted by Crippen LogP contribution is 2.26. The molecular formula is C14H22N2O3S. The van der Waals surface area contributed by atoms with E-state index in [0.717, 1.165) is 0 Å². The number of benzene rings is 1. The van der Waals surface area contributed by atoms with Gasteiger partial charge in [0.2, 0.25) is 10.0 Å². The van der Waals surface area contributed by atoms with Crippen molar-refractivity contribution < 1.29 is 13.5 Å². The molecule has 0 aromatic heterocycles. The van der Waals surface area contributed by atoms with Crippen molar-refractivity contribution in [2.45, 2.75) is 30.9 Å². The third-order valence-corrected chi connectivity index (χ3v) is 5.99. The number of hydrogen-bond acceptors (Lipinski definition) is 4. The fraction of sp³-hybridized carbons (Fsp3) is 0.571. The van der Waals surface area contributed by atoms with Crippen molar-refractivity contribution in [1.29, 1.82) is 0 Å². The van der Waals surface area contributed by atoms with Crippen LogP contribution in [0.4, 0.5) is 0 Å². The molecule has 5 nitrogen and oxygen atoms in total. The van der Waals surface area contributed by atoms with E-state index in [4.69, 9.17) is 0 Å². The molecule has 6 heteroatoms. The highest BCUT2D eigenvalue weighted by atomic mass is 32.2. The third kappa shape index (κ3) is 2.74. The molecule has 0 unspecified atom stereocenters. The van der Waals surface area contributed by atoms with E-state index in [-0.39, 0.29) is 17.0 Å². The summed E-state index contributed by atoms with van der Waals surface area (Å²) in [4.78, 5) is 2.37. The number of aliphatic hydroxyl groups is 1. The second-order valence-corrected chi connectivity index (χ2v) is 7.74. The van der Waals surface area contributed by atoms with Gasteiger partial charge in [-0.1, -0.05) is 18.2 Å². The van der Waals surface area contributed by atoms with Crippen molar-refractivity contribution in [3.05, 3.63) is 29.8 Å². The first-order chi connectivity index (χ1) is 9.29. The van der Waals surface area contributed by atoms with E-state index >= 15 is 0 Å².